The second kappa shape index (κ2) is 9.77. The molecule has 0 unspecified atom stereocenters. The highest BCUT2D eigenvalue weighted by Crippen LogP contribution is 2.37. The minimum atomic E-state index is 0.718. The van der Waals surface area contributed by atoms with Crippen LogP contribution in [0.15, 0.2) is 108 Å². The van der Waals surface area contributed by atoms with E-state index < -0.39 is 0 Å². The van der Waals surface area contributed by atoms with E-state index in [1.165, 1.54) is 0 Å². The van der Waals surface area contributed by atoms with Crippen molar-refractivity contribution in [3.63, 3.8) is 0 Å². The molecule has 4 aromatic carbocycles. The molecule has 35 heavy (non-hydrogen) atoms. The number of para-hydroxylation sites is 1. The van der Waals surface area contributed by atoms with Gasteiger partial charge in [0.15, 0.2) is 0 Å². The molecule has 5 heteroatoms. The maximum atomic E-state index is 6.68. The molecule has 0 saturated carbocycles. The van der Waals surface area contributed by atoms with Gasteiger partial charge in [-0.15, -0.1) is 4.57 Å². The zero-order chi connectivity index (χ0) is 24.2. The molecular weight excluding hydrogens is 438 g/mol. The van der Waals surface area contributed by atoms with Gasteiger partial charge in [-0.25, -0.2) is 0 Å². The van der Waals surface area contributed by atoms with Gasteiger partial charge in [-0.05, 0) is 72.8 Å². The molecule has 5 nitrogen and oxygen atoms in total. The van der Waals surface area contributed by atoms with E-state index in [0.717, 1.165) is 57.0 Å². The lowest BCUT2D eigenvalue weighted by atomic mass is 10.0. The molecule has 0 amide bonds. The van der Waals surface area contributed by atoms with Crippen molar-refractivity contribution < 1.29 is 23.2 Å². The molecule has 0 atom stereocenters. The van der Waals surface area contributed by atoms with E-state index in [2.05, 4.69) is 16.7 Å². The zero-order valence-corrected chi connectivity index (χ0v) is 19.9. The Balaban J connectivity index is 1.81. The first-order chi connectivity index (χ1) is 17.2. The van der Waals surface area contributed by atoms with Gasteiger partial charge in [0, 0.05) is 17.7 Å². The molecule has 0 radical (unpaired) electrons. The Bertz CT molecular complexity index is 1400. The summed E-state index contributed by atoms with van der Waals surface area (Å²) in [6, 6.07) is 34.0. The minimum Gasteiger partial charge on any atom is -0.497 e. The van der Waals surface area contributed by atoms with Crippen LogP contribution in [0.2, 0.25) is 0 Å². The van der Waals surface area contributed by atoms with Crippen molar-refractivity contribution in [3.8, 4) is 57.0 Å². The van der Waals surface area contributed by atoms with Crippen molar-refractivity contribution in [1.29, 1.82) is 0 Å². The van der Waals surface area contributed by atoms with Gasteiger partial charge in [-0.3, -0.25) is 0 Å². The molecule has 0 bridgehead atoms. The number of rotatable bonds is 7. The van der Waals surface area contributed by atoms with Crippen molar-refractivity contribution in [3.05, 3.63) is 103 Å². The Hall–Kier alpha value is -4.51. The summed E-state index contributed by atoms with van der Waals surface area (Å²) < 4.78 is 25.0. The van der Waals surface area contributed by atoms with Crippen LogP contribution < -0.4 is 18.8 Å². The van der Waals surface area contributed by atoms with E-state index in [-0.39, 0.29) is 0 Å². The molecule has 5 aromatic rings. The Labute approximate surface area is 204 Å². The van der Waals surface area contributed by atoms with E-state index in [9.17, 15) is 0 Å². The third-order valence-corrected chi connectivity index (χ3v) is 5.91. The highest BCUT2D eigenvalue weighted by Gasteiger charge is 2.33. The molecule has 0 fully saturated rings. The highest BCUT2D eigenvalue weighted by molar-refractivity contribution is 5.77. The Morgan fingerprint density at radius 1 is 0.514 bits per heavy atom. The first kappa shape index (κ1) is 22.3. The van der Waals surface area contributed by atoms with Crippen LogP contribution in [0.3, 0.4) is 0 Å². The van der Waals surface area contributed by atoms with E-state index >= 15 is 0 Å². The lowest BCUT2D eigenvalue weighted by Crippen LogP contribution is -2.33. The summed E-state index contributed by atoms with van der Waals surface area (Å²) >= 11 is 0. The van der Waals surface area contributed by atoms with Crippen LogP contribution in [0.4, 0.5) is 0 Å². The fourth-order valence-corrected chi connectivity index (χ4v) is 4.09. The Kier molecular flexibility index (Phi) is 6.22. The van der Waals surface area contributed by atoms with Crippen LogP contribution >= 0.6 is 0 Å². The molecular formula is C30H26NO4+. The fourth-order valence-electron chi connectivity index (χ4n) is 4.09. The smallest absolute Gasteiger partial charge is 0.387 e. The molecule has 1 aromatic heterocycles. The molecule has 174 valence electrons. The maximum absolute atomic E-state index is 6.68. The Morgan fingerprint density at radius 2 is 0.971 bits per heavy atom. The van der Waals surface area contributed by atoms with Gasteiger partial charge in [0.25, 0.3) is 5.69 Å². The summed E-state index contributed by atoms with van der Waals surface area (Å²) in [6.45, 7) is 0. The third kappa shape index (κ3) is 4.36. The van der Waals surface area contributed by atoms with Gasteiger partial charge in [0.2, 0.25) is 11.4 Å². The summed E-state index contributed by atoms with van der Waals surface area (Å²) in [6.07, 6.45) is 0. The monoisotopic (exact) mass is 464 g/mol. The van der Waals surface area contributed by atoms with Gasteiger partial charge in [0.1, 0.15) is 17.2 Å². The van der Waals surface area contributed by atoms with Crippen molar-refractivity contribution in [2.75, 3.05) is 21.3 Å². The van der Waals surface area contributed by atoms with Crippen molar-refractivity contribution in [1.82, 2.24) is 0 Å². The predicted octanol–water partition coefficient (Wildman–Crippen LogP) is 6.58. The summed E-state index contributed by atoms with van der Waals surface area (Å²) in [5.74, 6) is 3.85. The molecule has 0 aliphatic heterocycles. The number of ether oxygens (including phenoxy) is 3. The molecule has 0 aliphatic carbocycles. The van der Waals surface area contributed by atoms with Crippen LogP contribution in [-0.2, 0) is 0 Å². The van der Waals surface area contributed by atoms with Crippen molar-refractivity contribution >= 4 is 0 Å². The lowest BCUT2D eigenvalue weighted by Gasteiger charge is -2.04. The second-order valence-corrected chi connectivity index (χ2v) is 7.94. The summed E-state index contributed by atoms with van der Waals surface area (Å²) in [4.78, 5) is 0. The molecule has 0 spiro atoms. The molecule has 0 aliphatic rings. The average Bonchev–Trinajstić information content (AvgIpc) is 3.34. The predicted molar refractivity (Wildman–Crippen MR) is 136 cm³/mol. The number of aromatic nitrogens is 1. The van der Waals surface area contributed by atoms with Crippen LogP contribution in [0.1, 0.15) is 0 Å². The van der Waals surface area contributed by atoms with Gasteiger partial charge in [-0.1, -0.05) is 18.2 Å². The molecule has 1 heterocycles. The summed E-state index contributed by atoms with van der Waals surface area (Å²) in [7, 11) is 4.99. The number of hydrogen-bond acceptors (Lipinski definition) is 4. The number of hydrogen-bond donors (Lipinski definition) is 0. The van der Waals surface area contributed by atoms with Crippen LogP contribution in [0, 0.1) is 0 Å². The number of oxazole rings is 1. The lowest BCUT2D eigenvalue weighted by molar-refractivity contribution is -0.575. The molecule has 0 saturated heterocycles. The Morgan fingerprint density at radius 3 is 1.46 bits per heavy atom. The number of nitrogens with zero attached hydrogens (tertiary/aromatic N) is 1. The van der Waals surface area contributed by atoms with Crippen LogP contribution in [0.25, 0.3) is 39.7 Å². The van der Waals surface area contributed by atoms with Crippen LogP contribution in [-0.4, -0.2) is 21.3 Å². The summed E-state index contributed by atoms with van der Waals surface area (Å²) in [5, 5.41) is 0. The quantitative estimate of drug-likeness (QED) is 0.255. The second-order valence-electron chi connectivity index (χ2n) is 7.94. The first-order valence-electron chi connectivity index (χ1n) is 11.3. The van der Waals surface area contributed by atoms with Gasteiger partial charge >= 0.3 is 5.89 Å². The van der Waals surface area contributed by atoms with Gasteiger partial charge in [0.05, 0.1) is 32.5 Å². The summed E-state index contributed by atoms with van der Waals surface area (Å²) in [5.41, 5.74) is 4.82. The normalized spacial score (nSPS) is 10.7. The van der Waals surface area contributed by atoms with Gasteiger partial charge < -0.3 is 18.6 Å². The molecule has 0 N–H and O–H groups in total. The third-order valence-electron chi connectivity index (χ3n) is 5.91. The topological polar surface area (TPSA) is 44.7 Å². The van der Waals surface area contributed by atoms with Crippen molar-refractivity contribution in [2.45, 2.75) is 0 Å². The maximum Gasteiger partial charge on any atom is 0.387 e. The minimum absolute atomic E-state index is 0.718. The van der Waals surface area contributed by atoms with Crippen LogP contribution in [0.5, 0.6) is 17.2 Å². The van der Waals surface area contributed by atoms with E-state index in [1.54, 1.807) is 21.3 Å². The van der Waals surface area contributed by atoms with E-state index in [0.29, 0.717) is 0 Å². The standard InChI is InChI=1S/C30H26NO4/c1-32-25-15-9-21(10-16-25)28-29(22-11-17-26(33-2)18-12-22)35-30(23-13-19-27(34-3)20-14-23)31(28)24-7-5-4-6-8-24/h4-20H,1-3H3/q+1. The first-order valence-corrected chi connectivity index (χ1v) is 11.3. The van der Waals surface area contributed by atoms with E-state index in [1.807, 2.05) is 91.0 Å². The molecule has 5 rings (SSSR count). The largest absolute Gasteiger partial charge is 0.497 e. The number of benzene rings is 4. The SMILES string of the molecule is COc1ccc(-c2oc(-c3ccc(OC)cc3)[n+](-c3ccccc3)c2-c2ccc(OC)cc2)cc1. The number of methoxy groups -OCH3 is 3. The van der Waals surface area contributed by atoms with Gasteiger partial charge in [-0.2, -0.15) is 0 Å². The fraction of sp³-hybridized carbons (Fsp3) is 0.100. The average molecular weight is 465 g/mol. The zero-order valence-electron chi connectivity index (χ0n) is 19.9. The van der Waals surface area contributed by atoms with E-state index in [4.69, 9.17) is 18.6 Å². The highest BCUT2D eigenvalue weighted by atomic mass is 16.5. The van der Waals surface area contributed by atoms with Crippen molar-refractivity contribution in [2.24, 2.45) is 0 Å².